The molecule has 1 aliphatic heterocycles. The summed E-state index contributed by atoms with van der Waals surface area (Å²) in [5.74, 6) is -0.634. The first kappa shape index (κ1) is 16.7. The number of unbranched alkanes of at least 4 members (excludes halogenated alkanes) is 2. The summed E-state index contributed by atoms with van der Waals surface area (Å²) >= 11 is 0. The van der Waals surface area contributed by atoms with Gasteiger partial charge < -0.3 is 0 Å². The molecule has 1 aromatic rings. The molecule has 0 bridgehead atoms. The molecular formula is C18H28F2Si. The lowest BCUT2D eigenvalue weighted by Crippen LogP contribution is -2.21. The average molecular weight is 311 g/mol. The summed E-state index contributed by atoms with van der Waals surface area (Å²) in [6.07, 6.45) is 8.98. The number of halogens is 2. The number of aryl methyl sites for hydroxylation is 1. The van der Waals surface area contributed by atoms with Gasteiger partial charge in [-0.25, -0.2) is 8.78 Å². The van der Waals surface area contributed by atoms with Gasteiger partial charge in [0.05, 0.1) is 0 Å². The molecule has 1 aliphatic rings. The highest BCUT2D eigenvalue weighted by Gasteiger charge is 2.21. The van der Waals surface area contributed by atoms with Gasteiger partial charge in [0.25, 0.3) is 0 Å². The summed E-state index contributed by atoms with van der Waals surface area (Å²) in [7, 11) is -0.419. The Morgan fingerprint density at radius 3 is 2.52 bits per heavy atom. The van der Waals surface area contributed by atoms with E-state index in [0.29, 0.717) is 0 Å². The van der Waals surface area contributed by atoms with Gasteiger partial charge in [0, 0.05) is 8.80 Å². The first-order valence-electron chi connectivity index (χ1n) is 8.63. The van der Waals surface area contributed by atoms with Crippen LogP contribution < -0.4 is 0 Å². The van der Waals surface area contributed by atoms with Crippen LogP contribution in [0.1, 0.15) is 51.0 Å². The molecule has 0 N–H and O–H groups in total. The van der Waals surface area contributed by atoms with E-state index in [4.69, 9.17) is 0 Å². The fourth-order valence-corrected chi connectivity index (χ4v) is 7.18. The van der Waals surface area contributed by atoms with Crippen LogP contribution in [0.15, 0.2) is 18.2 Å². The minimum absolute atomic E-state index is 0.419. The van der Waals surface area contributed by atoms with Crippen molar-refractivity contribution in [2.75, 3.05) is 0 Å². The molecule has 0 radical (unpaired) electrons. The molecule has 0 aromatic heterocycles. The van der Waals surface area contributed by atoms with Crippen LogP contribution in [0.3, 0.4) is 0 Å². The second kappa shape index (κ2) is 8.67. The Kier molecular flexibility index (Phi) is 6.88. The number of hydrogen-bond donors (Lipinski definition) is 0. The third kappa shape index (κ3) is 5.53. The van der Waals surface area contributed by atoms with Gasteiger partial charge in [-0.15, -0.1) is 0 Å². The lowest BCUT2D eigenvalue weighted by atomic mass is 9.94. The quantitative estimate of drug-likeness (QED) is 0.446. The molecule has 0 saturated carbocycles. The van der Waals surface area contributed by atoms with Crippen LogP contribution in [0, 0.1) is 17.6 Å². The van der Waals surface area contributed by atoms with Crippen molar-refractivity contribution in [2.24, 2.45) is 5.92 Å². The van der Waals surface area contributed by atoms with Gasteiger partial charge in [0.15, 0.2) is 11.6 Å². The van der Waals surface area contributed by atoms with E-state index in [2.05, 4.69) is 6.92 Å². The van der Waals surface area contributed by atoms with Gasteiger partial charge in [0.2, 0.25) is 0 Å². The van der Waals surface area contributed by atoms with Crippen LogP contribution in [0.25, 0.3) is 0 Å². The summed E-state index contributed by atoms with van der Waals surface area (Å²) in [6, 6.07) is 8.90. The van der Waals surface area contributed by atoms with Crippen LogP contribution in [-0.4, -0.2) is 8.80 Å². The van der Waals surface area contributed by atoms with Crippen molar-refractivity contribution in [1.29, 1.82) is 0 Å². The zero-order valence-corrected chi connectivity index (χ0v) is 14.4. The van der Waals surface area contributed by atoms with Crippen molar-refractivity contribution >= 4 is 8.80 Å². The third-order valence-corrected chi connectivity index (χ3v) is 8.53. The van der Waals surface area contributed by atoms with Crippen molar-refractivity contribution in [1.82, 2.24) is 0 Å². The Morgan fingerprint density at radius 1 is 1.10 bits per heavy atom. The molecule has 0 aliphatic carbocycles. The van der Waals surface area contributed by atoms with Gasteiger partial charge in [-0.1, -0.05) is 63.2 Å². The Hall–Kier alpha value is -0.703. The molecule has 1 fully saturated rings. The predicted molar refractivity (Wildman–Crippen MR) is 88.5 cm³/mol. The summed E-state index contributed by atoms with van der Waals surface area (Å²) in [5.41, 5.74) is 0.941. The monoisotopic (exact) mass is 310 g/mol. The molecule has 21 heavy (non-hydrogen) atoms. The van der Waals surface area contributed by atoms with Gasteiger partial charge in [-0.2, -0.15) is 0 Å². The normalized spacial score (nSPS) is 22.4. The van der Waals surface area contributed by atoms with Crippen LogP contribution in [-0.2, 0) is 6.42 Å². The standard InChI is InChI=1S/C18H28F2Si/c1-2-3-4-11-21-12-9-15(10-13-21)5-6-16-7-8-17(19)18(20)14-16/h7-8,14-15,21H,2-6,9-13H2,1H3/t15-,21-. The highest BCUT2D eigenvalue weighted by atomic mass is 28.3. The fourth-order valence-electron chi connectivity index (χ4n) is 3.56. The maximum absolute atomic E-state index is 13.2. The summed E-state index contributed by atoms with van der Waals surface area (Å²) in [5, 5.41) is 0. The van der Waals surface area contributed by atoms with E-state index in [-0.39, 0.29) is 0 Å². The second-order valence-corrected chi connectivity index (χ2v) is 10.1. The number of rotatable bonds is 7. The molecule has 2 rings (SSSR count). The SMILES string of the molecule is CCCCC[Si@H]1CC[C@H](CCc2ccc(F)c(F)c2)CC1. The second-order valence-electron chi connectivity index (χ2n) is 6.67. The lowest BCUT2D eigenvalue weighted by Gasteiger charge is -2.27. The molecular weight excluding hydrogens is 282 g/mol. The Bertz CT molecular complexity index is 425. The molecule has 1 saturated heterocycles. The highest BCUT2D eigenvalue weighted by Crippen LogP contribution is 2.31. The summed E-state index contributed by atoms with van der Waals surface area (Å²) < 4.78 is 26.1. The zero-order valence-electron chi connectivity index (χ0n) is 13.2. The summed E-state index contributed by atoms with van der Waals surface area (Å²) in [4.78, 5) is 0. The Morgan fingerprint density at radius 2 is 1.86 bits per heavy atom. The van der Waals surface area contributed by atoms with Crippen molar-refractivity contribution in [2.45, 2.75) is 70.0 Å². The van der Waals surface area contributed by atoms with Crippen molar-refractivity contribution < 1.29 is 8.78 Å². The molecule has 0 atom stereocenters. The molecule has 1 aromatic carbocycles. The van der Waals surface area contributed by atoms with Gasteiger partial charge in [-0.05, 0) is 36.5 Å². The lowest BCUT2D eigenvalue weighted by molar-refractivity contribution is 0.435. The largest absolute Gasteiger partial charge is 0.204 e. The van der Waals surface area contributed by atoms with E-state index < -0.39 is 20.4 Å². The third-order valence-electron chi connectivity index (χ3n) is 5.01. The maximum atomic E-state index is 13.2. The maximum Gasteiger partial charge on any atom is 0.159 e. The highest BCUT2D eigenvalue weighted by molar-refractivity contribution is 6.58. The van der Waals surface area contributed by atoms with E-state index in [9.17, 15) is 8.78 Å². The minimum atomic E-state index is -0.739. The van der Waals surface area contributed by atoms with Gasteiger partial charge >= 0.3 is 0 Å². The smallest absolute Gasteiger partial charge is 0.159 e. The van der Waals surface area contributed by atoms with Crippen LogP contribution in [0.4, 0.5) is 8.78 Å². The fraction of sp³-hybridized carbons (Fsp3) is 0.667. The van der Waals surface area contributed by atoms with Crippen molar-refractivity contribution in [3.05, 3.63) is 35.4 Å². The van der Waals surface area contributed by atoms with Crippen LogP contribution >= 0.6 is 0 Å². The van der Waals surface area contributed by atoms with Crippen LogP contribution in [0.2, 0.25) is 18.1 Å². The van der Waals surface area contributed by atoms with Crippen LogP contribution in [0.5, 0.6) is 0 Å². The molecule has 0 nitrogen and oxygen atoms in total. The minimum Gasteiger partial charge on any atom is -0.204 e. The molecule has 3 heteroatoms. The van der Waals surface area contributed by atoms with E-state index in [1.54, 1.807) is 12.1 Å². The Balaban J connectivity index is 1.67. The van der Waals surface area contributed by atoms with Gasteiger partial charge in [-0.3, -0.25) is 0 Å². The first-order chi connectivity index (χ1) is 10.2. The summed E-state index contributed by atoms with van der Waals surface area (Å²) in [6.45, 7) is 2.27. The first-order valence-corrected chi connectivity index (χ1v) is 11.1. The molecule has 1 heterocycles. The van der Waals surface area contributed by atoms with E-state index >= 15 is 0 Å². The van der Waals surface area contributed by atoms with Crippen molar-refractivity contribution in [3.8, 4) is 0 Å². The molecule has 0 amide bonds. The number of benzene rings is 1. The van der Waals surface area contributed by atoms with E-state index in [1.807, 2.05) is 0 Å². The molecule has 0 spiro atoms. The van der Waals surface area contributed by atoms with E-state index in [1.165, 1.54) is 56.3 Å². The molecule has 118 valence electrons. The van der Waals surface area contributed by atoms with Crippen molar-refractivity contribution in [3.63, 3.8) is 0 Å². The topological polar surface area (TPSA) is 0 Å². The predicted octanol–water partition coefficient (Wildman–Crippen LogP) is 5.72. The van der Waals surface area contributed by atoms with Gasteiger partial charge in [0.1, 0.15) is 0 Å². The van der Waals surface area contributed by atoms with E-state index in [0.717, 1.165) is 24.3 Å². The Labute approximate surface area is 129 Å². The zero-order chi connectivity index (χ0) is 15.1. The molecule has 0 unspecified atom stereocenters. The average Bonchev–Trinajstić information content (AvgIpc) is 2.50. The number of hydrogen-bond acceptors (Lipinski definition) is 0.